The van der Waals surface area contributed by atoms with Crippen LogP contribution in [0.15, 0.2) is 24.3 Å². The predicted molar refractivity (Wildman–Crippen MR) is 80.9 cm³/mol. The van der Waals surface area contributed by atoms with Crippen molar-refractivity contribution in [2.24, 2.45) is 5.92 Å². The highest BCUT2D eigenvalue weighted by Crippen LogP contribution is 2.24. The highest BCUT2D eigenvalue weighted by Gasteiger charge is 2.30. The highest BCUT2D eigenvalue weighted by atomic mass is 16.3. The lowest BCUT2D eigenvalue weighted by atomic mass is 10.0. The number of nitrogens with zero attached hydrogens (tertiary/aromatic N) is 1. The fraction of sp³-hybridized carbons (Fsp3) is 0.562. The Kier molecular flexibility index (Phi) is 4.65. The molecule has 1 aliphatic rings. The summed E-state index contributed by atoms with van der Waals surface area (Å²) in [6.07, 6.45) is 0.528. The van der Waals surface area contributed by atoms with E-state index in [0.29, 0.717) is 12.1 Å². The Morgan fingerprint density at radius 2 is 2.05 bits per heavy atom. The zero-order chi connectivity index (χ0) is 14.7. The normalized spacial score (nSPS) is 20.2. The summed E-state index contributed by atoms with van der Waals surface area (Å²) in [5, 5.41) is 13.0. The first kappa shape index (κ1) is 14.9. The molecule has 2 rings (SSSR count). The van der Waals surface area contributed by atoms with Crippen LogP contribution in [0.5, 0.6) is 0 Å². The zero-order valence-corrected chi connectivity index (χ0v) is 12.5. The number of carbonyl (C=O) groups is 1. The van der Waals surface area contributed by atoms with Gasteiger partial charge in [-0.25, -0.2) is 0 Å². The summed E-state index contributed by atoms with van der Waals surface area (Å²) >= 11 is 0. The molecule has 1 aromatic rings. The van der Waals surface area contributed by atoms with Gasteiger partial charge in [0.15, 0.2) is 0 Å². The molecule has 0 aliphatic carbocycles. The van der Waals surface area contributed by atoms with E-state index in [4.69, 9.17) is 0 Å². The van der Waals surface area contributed by atoms with Gasteiger partial charge in [-0.05, 0) is 39.3 Å². The monoisotopic (exact) mass is 276 g/mol. The third-order valence-corrected chi connectivity index (χ3v) is 3.80. The van der Waals surface area contributed by atoms with Gasteiger partial charge in [-0.3, -0.25) is 4.79 Å². The number of para-hydroxylation sites is 1. The van der Waals surface area contributed by atoms with Crippen LogP contribution in [0.2, 0.25) is 0 Å². The van der Waals surface area contributed by atoms with Crippen molar-refractivity contribution in [3.05, 3.63) is 29.8 Å². The second-order valence-corrected chi connectivity index (χ2v) is 5.89. The first-order chi connectivity index (χ1) is 9.49. The van der Waals surface area contributed by atoms with Gasteiger partial charge in [0.1, 0.15) is 0 Å². The van der Waals surface area contributed by atoms with E-state index in [-0.39, 0.29) is 24.0 Å². The van der Waals surface area contributed by atoms with E-state index in [1.54, 1.807) is 6.92 Å². The van der Waals surface area contributed by atoms with E-state index in [2.05, 4.69) is 19.2 Å². The molecule has 1 amide bonds. The van der Waals surface area contributed by atoms with Crippen LogP contribution >= 0.6 is 0 Å². The van der Waals surface area contributed by atoms with Crippen LogP contribution < -0.4 is 5.32 Å². The zero-order valence-electron chi connectivity index (χ0n) is 12.5. The van der Waals surface area contributed by atoms with Gasteiger partial charge in [0.2, 0.25) is 0 Å². The van der Waals surface area contributed by atoms with Crippen LogP contribution in [0.4, 0.5) is 5.69 Å². The summed E-state index contributed by atoms with van der Waals surface area (Å²) < 4.78 is 0. The van der Waals surface area contributed by atoms with E-state index < -0.39 is 0 Å². The fourth-order valence-corrected chi connectivity index (χ4v) is 2.64. The van der Waals surface area contributed by atoms with E-state index in [9.17, 15) is 9.90 Å². The van der Waals surface area contributed by atoms with Crippen LogP contribution in [0.1, 0.15) is 37.6 Å². The van der Waals surface area contributed by atoms with Crippen LogP contribution in [-0.2, 0) is 0 Å². The van der Waals surface area contributed by atoms with Gasteiger partial charge in [0, 0.05) is 30.7 Å². The number of nitrogens with one attached hydrogen (secondary N) is 1. The molecule has 1 aromatic carbocycles. The quantitative estimate of drug-likeness (QED) is 0.887. The maximum Gasteiger partial charge on any atom is 0.255 e. The number of aliphatic hydroxyl groups excluding tert-OH is 1. The van der Waals surface area contributed by atoms with Crippen LogP contribution in [0, 0.1) is 5.92 Å². The first-order valence-corrected chi connectivity index (χ1v) is 7.32. The number of anilines is 1. The molecular formula is C16H24N2O2. The minimum atomic E-state index is -0.350. The number of hydrogen-bond acceptors (Lipinski definition) is 3. The molecule has 2 unspecified atom stereocenters. The Bertz CT molecular complexity index is 471. The van der Waals surface area contributed by atoms with Crippen LogP contribution in [0.25, 0.3) is 0 Å². The molecule has 110 valence electrons. The third kappa shape index (κ3) is 3.31. The van der Waals surface area contributed by atoms with Gasteiger partial charge in [-0.15, -0.1) is 0 Å². The van der Waals surface area contributed by atoms with Crippen molar-refractivity contribution in [1.82, 2.24) is 4.90 Å². The van der Waals surface area contributed by atoms with E-state index in [1.807, 2.05) is 29.2 Å². The molecule has 0 saturated carbocycles. The molecule has 2 atom stereocenters. The molecule has 2 N–H and O–H groups in total. The summed E-state index contributed by atoms with van der Waals surface area (Å²) in [5.41, 5.74) is 1.60. The fourth-order valence-electron chi connectivity index (χ4n) is 2.64. The maximum atomic E-state index is 12.6. The molecule has 0 spiro atoms. The minimum absolute atomic E-state index is 0.0527. The number of carbonyl (C=O) groups excluding carboxylic acids is 1. The van der Waals surface area contributed by atoms with Gasteiger partial charge in [0.25, 0.3) is 5.91 Å². The number of hydrogen-bond donors (Lipinski definition) is 2. The minimum Gasteiger partial charge on any atom is -0.393 e. The van der Waals surface area contributed by atoms with Crippen LogP contribution in [-0.4, -0.2) is 41.1 Å². The SMILES string of the molecule is CC(C)Nc1ccccc1C(=O)N1CCC(C(C)O)C1. The second kappa shape index (κ2) is 6.27. The van der Waals surface area contributed by atoms with Crippen molar-refractivity contribution in [3.8, 4) is 0 Å². The molecular weight excluding hydrogens is 252 g/mol. The molecule has 1 fully saturated rings. The highest BCUT2D eigenvalue weighted by molar-refractivity contribution is 5.99. The smallest absolute Gasteiger partial charge is 0.255 e. The molecule has 0 radical (unpaired) electrons. The topological polar surface area (TPSA) is 52.6 Å². The van der Waals surface area contributed by atoms with Crippen LogP contribution in [0.3, 0.4) is 0 Å². The summed E-state index contributed by atoms with van der Waals surface area (Å²) in [6.45, 7) is 7.28. The standard InChI is InChI=1S/C16H24N2O2/c1-11(2)17-15-7-5-4-6-14(15)16(20)18-9-8-13(10-18)12(3)19/h4-7,11-13,17,19H,8-10H2,1-3H3. The first-order valence-electron chi connectivity index (χ1n) is 7.32. The molecule has 4 heteroatoms. The van der Waals surface area contributed by atoms with Crippen molar-refractivity contribution in [1.29, 1.82) is 0 Å². The molecule has 1 saturated heterocycles. The van der Waals surface area contributed by atoms with Gasteiger partial charge in [0.05, 0.1) is 11.7 Å². The number of amides is 1. The molecule has 0 bridgehead atoms. The summed E-state index contributed by atoms with van der Waals surface area (Å²) in [4.78, 5) is 14.5. The van der Waals surface area contributed by atoms with Crippen molar-refractivity contribution < 1.29 is 9.90 Å². The van der Waals surface area contributed by atoms with E-state index >= 15 is 0 Å². The van der Waals surface area contributed by atoms with Crippen molar-refractivity contribution >= 4 is 11.6 Å². The Morgan fingerprint density at radius 3 is 2.65 bits per heavy atom. The number of rotatable bonds is 4. The van der Waals surface area contributed by atoms with E-state index in [1.165, 1.54) is 0 Å². The second-order valence-electron chi connectivity index (χ2n) is 5.89. The van der Waals surface area contributed by atoms with Crippen molar-refractivity contribution in [2.75, 3.05) is 18.4 Å². The molecule has 1 heterocycles. The van der Waals surface area contributed by atoms with E-state index in [0.717, 1.165) is 18.7 Å². The maximum absolute atomic E-state index is 12.6. The Hall–Kier alpha value is -1.55. The Balaban J connectivity index is 2.14. The van der Waals surface area contributed by atoms with Gasteiger partial charge in [-0.1, -0.05) is 12.1 Å². The summed E-state index contributed by atoms with van der Waals surface area (Å²) in [5.74, 6) is 0.251. The lowest BCUT2D eigenvalue weighted by Crippen LogP contribution is -2.31. The van der Waals surface area contributed by atoms with Crippen molar-refractivity contribution in [3.63, 3.8) is 0 Å². The number of benzene rings is 1. The summed E-state index contributed by atoms with van der Waals surface area (Å²) in [6, 6.07) is 7.91. The lowest BCUT2D eigenvalue weighted by Gasteiger charge is -2.20. The molecule has 4 nitrogen and oxygen atoms in total. The largest absolute Gasteiger partial charge is 0.393 e. The average Bonchev–Trinajstić information content (AvgIpc) is 2.87. The Morgan fingerprint density at radius 1 is 1.35 bits per heavy atom. The average molecular weight is 276 g/mol. The van der Waals surface area contributed by atoms with Gasteiger partial charge >= 0.3 is 0 Å². The Labute approximate surface area is 120 Å². The van der Waals surface area contributed by atoms with Gasteiger partial charge in [-0.2, -0.15) is 0 Å². The third-order valence-electron chi connectivity index (χ3n) is 3.80. The predicted octanol–water partition coefficient (Wildman–Crippen LogP) is 2.35. The number of likely N-dealkylation sites (tertiary alicyclic amines) is 1. The number of aliphatic hydroxyl groups is 1. The molecule has 0 aromatic heterocycles. The molecule has 1 aliphatic heterocycles. The molecule has 20 heavy (non-hydrogen) atoms. The van der Waals surface area contributed by atoms with Gasteiger partial charge < -0.3 is 15.3 Å². The lowest BCUT2D eigenvalue weighted by molar-refractivity contribution is 0.0763. The van der Waals surface area contributed by atoms with Crippen molar-refractivity contribution in [2.45, 2.75) is 39.3 Å². The summed E-state index contributed by atoms with van der Waals surface area (Å²) in [7, 11) is 0.